The van der Waals surface area contributed by atoms with Crippen LogP contribution in [-0.4, -0.2) is 28.9 Å². The third kappa shape index (κ3) is 1.69. The van der Waals surface area contributed by atoms with Crippen molar-refractivity contribution >= 4 is 16.8 Å². The van der Waals surface area contributed by atoms with E-state index in [1.165, 1.54) is 0 Å². The molecule has 1 aromatic carbocycles. The Balaban J connectivity index is 2.44. The number of carbonyl (C=O) groups is 1. The van der Waals surface area contributed by atoms with E-state index in [4.69, 9.17) is 0 Å². The molecule has 1 N–H and O–H groups in total. The first-order valence-electron chi connectivity index (χ1n) is 5.44. The third-order valence-electron chi connectivity index (χ3n) is 2.91. The number of benzene rings is 1. The van der Waals surface area contributed by atoms with Gasteiger partial charge in [-0.05, 0) is 19.9 Å². The molecule has 2 aromatic rings. The van der Waals surface area contributed by atoms with Gasteiger partial charge < -0.3 is 9.88 Å². The molecule has 0 radical (unpaired) electrons. The van der Waals surface area contributed by atoms with Crippen LogP contribution in [0.25, 0.3) is 10.9 Å². The minimum atomic E-state index is 0.0625. The van der Waals surface area contributed by atoms with E-state index >= 15 is 0 Å². The van der Waals surface area contributed by atoms with E-state index < -0.39 is 0 Å². The zero-order chi connectivity index (χ0) is 11.7. The van der Waals surface area contributed by atoms with Gasteiger partial charge in [0.25, 0.3) is 5.91 Å². The quantitative estimate of drug-likeness (QED) is 0.823. The van der Waals surface area contributed by atoms with Crippen molar-refractivity contribution in [3.8, 4) is 0 Å². The molecular weight excluding hydrogens is 200 g/mol. The summed E-state index contributed by atoms with van der Waals surface area (Å²) in [5, 5.41) is 0.986. The molecule has 0 saturated carbocycles. The molecule has 3 nitrogen and oxygen atoms in total. The molecule has 0 aliphatic rings. The van der Waals surface area contributed by atoms with Crippen LogP contribution in [-0.2, 0) is 0 Å². The summed E-state index contributed by atoms with van der Waals surface area (Å²) in [5.74, 6) is 0.0625. The summed E-state index contributed by atoms with van der Waals surface area (Å²) < 4.78 is 0. The Kier molecular flexibility index (Phi) is 2.69. The van der Waals surface area contributed by atoms with Gasteiger partial charge in [-0.2, -0.15) is 0 Å². The number of hydrogen-bond donors (Lipinski definition) is 1. The van der Waals surface area contributed by atoms with Crippen molar-refractivity contribution in [1.29, 1.82) is 0 Å². The van der Waals surface area contributed by atoms with Crippen molar-refractivity contribution in [3.63, 3.8) is 0 Å². The Morgan fingerprint density at radius 1 is 1.31 bits per heavy atom. The number of hydrogen-bond acceptors (Lipinski definition) is 1. The number of para-hydroxylation sites is 1. The molecule has 1 heterocycles. The Hall–Kier alpha value is -1.77. The molecule has 0 saturated heterocycles. The summed E-state index contributed by atoms with van der Waals surface area (Å²) in [4.78, 5) is 17.0. The summed E-state index contributed by atoms with van der Waals surface area (Å²) in [6.07, 6.45) is 1.78. The zero-order valence-electron chi connectivity index (χ0n) is 9.82. The van der Waals surface area contributed by atoms with Crippen molar-refractivity contribution in [1.82, 2.24) is 9.88 Å². The van der Waals surface area contributed by atoms with Crippen molar-refractivity contribution in [2.75, 3.05) is 7.05 Å². The van der Waals surface area contributed by atoms with Crippen molar-refractivity contribution in [2.45, 2.75) is 19.9 Å². The lowest BCUT2D eigenvalue weighted by molar-refractivity contribution is 0.0757. The molecular formula is C13H16N2O. The summed E-state index contributed by atoms with van der Waals surface area (Å²) >= 11 is 0. The Labute approximate surface area is 95.1 Å². The average Bonchev–Trinajstić information content (AvgIpc) is 2.70. The Morgan fingerprint density at radius 2 is 2.00 bits per heavy atom. The van der Waals surface area contributed by atoms with Crippen LogP contribution in [0.1, 0.15) is 24.2 Å². The third-order valence-corrected chi connectivity index (χ3v) is 2.91. The van der Waals surface area contributed by atoms with Crippen LogP contribution in [0.3, 0.4) is 0 Å². The van der Waals surface area contributed by atoms with E-state index in [9.17, 15) is 4.79 Å². The monoisotopic (exact) mass is 216 g/mol. The first kappa shape index (κ1) is 10.7. The number of H-pyrrole nitrogens is 1. The minimum absolute atomic E-state index is 0.0625. The van der Waals surface area contributed by atoms with E-state index in [0.29, 0.717) is 0 Å². The molecule has 16 heavy (non-hydrogen) atoms. The average molecular weight is 216 g/mol. The number of nitrogens with one attached hydrogen (secondary N) is 1. The van der Waals surface area contributed by atoms with Gasteiger partial charge in [0.1, 0.15) is 0 Å². The molecule has 1 aromatic heterocycles. The molecule has 0 atom stereocenters. The molecule has 0 fully saturated rings. The summed E-state index contributed by atoms with van der Waals surface area (Å²) in [6.45, 7) is 4.01. The van der Waals surface area contributed by atoms with Crippen LogP contribution in [0.5, 0.6) is 0 Å². The van der Waals surface area contributed by atoms with E-state index in [1.54, 1.807) is 11.1 Å². The predicted octanol–water partition coefficient (Wildman–Crippen LogP) is 2.65. The number of nitrogens with zero attached hydrogens (tertiary/aromatic N) is 1. The van der Waals surface area contributed by atoms with Gasteiger partial charge in [-0.25, -0.2) is 0 Å². The number of aromatic amines is 1. The van der Waals surface area contributed by atoms with Gasteiger partial charge in [-0.1, -0.05) is 18.2 Å². The van der Waals surface area contributed by atoms with E-state index in [1.807, 2.05) is 45.2 Å². The number of aromatic nitrogens is 1. The van der Waals surface area contributed by atoms with Gasteiger partial charge in [0.2, 0.25) is 0 Å². The van der Waals surface area contributed by atoms with Gasteiger partial charge in [0, 0.05) is 30.2 Å². The predicted molar refractivity (Wildman–Crippen MR) is 65.5 cm³/mol. The molecule has 1 amide bonds. The number of amides is 1. The zero-order valence-corrected chi connectivity index (χ0v) is 9.82. The highest BCUT2D eigenvalue weighted by molar-refractivity contribution is 6.06. The Bertz CT molecular complexity index is 513. The number of fused-ring (bicyclic) bond motifs is 1. The fourth-order valence-electron chi connectivity index (χ4n) is 1.67. The first-order valence-corrected chi connectivity index (χ1v) is 5.44. The molecule has 3 heteroatoms. The summed E-state index contributed by atoms with van der Waals surface area (Å²) in [5.41, 5.74) is 1.75. The van der Waals surface area contributed by atoms with Crippen molar-refractivity contribution in [3.05, 3.63) is 36.0 Å². The van der Waals surface area contributed by atoms with E-state index in [2.05, 4.69) is 4.98 Å². The minimum Gasteiger partial charge on any atom is -0.360 e. The maximum atomic E-state index is 12.2. The van der Waals surface area contributed by atoms with Crippen LogP contribution >= 0.6 is 0 Å². The van der Waals surface area contributed by atoms with Crippen LogP contribution in [0.4, 0.5) is 0 Å². The highest BCUT2D eigenvalue weighted by Gasteiger charge is 2.17. The SMILES string of the molecule is CC(C)N(C)C(=O)c1c[nH]c2ccccc12. The number of rotatable bonds is 2. The largest absolute Gasteiger partial charge is 0.360 e. The van der Waals surface area contributed by atoms with Gasteiger partial charge in [-0.3, -0.25) is 4.79 Å². The maximum Gasteiger partial charge on any atom is 0.255 e. The second-order valence-corrected chi connectivity index (χ2v) is 4.26. The summed E-state index contributed by atoms with van der Waals surface area (Å²) in [6, 6.07) is 8.05. The molecule has 2 rings (SSSR count). The van der Waals surface area contributed by atoms with Gasteiger partial charge in [0.15, 0.2) is 0 Å². The molecule has 0 unspecified atom stereocenters. The lowest BCUT2D eigenvalue weighted by Crippen LogP contribution is -2.32. The van der Waals surface area contributed by atoms with Gasteiger partial charge >= 0.3 is 0 Å². The fraction of sp³-hybridized carbons (Fsp3) is 0.308. The lowest BCUT2D eigenvalue weighted by atomic mass is 10.1. The molecule has 0 aliphatic carbocycles. The van der Waals surface area contributed by atoms with Gasteiger partial charge in [0.05, 0.1) is 5.56 Å². The highest BCUT2D eigenvalue weighted by Crippen LogP contribution is 2.19. The standard InChI is InChI=1S/C13H16N2O/c1-9(2)15(3)13(16)11-8-14-12-7-5-4-6-10(11)12/h4-9,14H,1-3H3. The van der Waals surface area contributed by atoms with Crippen LogP contribution in [0.15, 0.2) is 30.5 Å². The number of carbonyl (C=O) groups excluding carboxylic acids is 1. The van der Waals surface area contributed by atoms with Crippen LogP contribution < -0.4 is 0 Å². The van der Waals surface area contributed by atoms with Gasteiger partial charge in [-0.15, -0.1) is 0 Å². The summed E-state index contributed by atoms with van der Waals surface area (Å²) in [7, 11) is 1.83. The molecule has 0 bridgehead atoms. The molecule has 0 spiro atoms. The van der Waals surface area contributed by atoms with Crippen LogP contribution in [0.2, 0.25) is 0 Å². The first-order chi connectivity index (χ1) is 7.61. The van der Waals surface area contributed by atoms with Crippen molar-refractivity contribution in [2.24, 2.45) is 0 Å². The molecule has 84 valence electrons. The smallest absolute Gasteiger partial charge is 0.255 e. The van der Waals surface area contributed by atoms with E-state index in [0.717, 1.165) is 16.5 Å². The van der Waals surface area contributed by atoms with Crippen molar-refractivity contribution < 1.29 is 4.79 Å². The van der Waals surface area contributed by atoms with E-state index in [-0.39, 0.29) is 11.9 Å². The highest BCUT2D eigenvalue weighted by atomic mass is 16.2. The fourth-order valence-corrected chi connectivity index (χ4v) is 1.67. The normalized spacial score (nSPS) is 11.0. The van der Waals surface area contributed by atoms with Crippen LogP contribution in [0, 0.1) is 0 Å². The second-order valence-electron chi connectivity index (χ2n) is 4.26. The topological polar surface area (TPSA) is 36.1 Å². The lowest BCUT2D eigenvalue weighted by Gasteiger charge is -2.20. The Morgan fingerprint density at radius 3 is 2.69 bits per heavy atom. The second kappa shape index (κ2) is 4.00. The maximum absolute atomic E-state index is 12.2. The molecule has 0 aliphatic heterocycles.